The van der Waals surface area contributed by atoms with E-state index in [0.717, 1.165) is 19.3 Å². The average molecular weight is 284 g/mol. The zero-order valence-electron chi connectivity index (χ0n) is 10.9. The van der Waals surface area contributed by atoms with E-state index in [9.17, 15) is 18.0 Å². The van der Waals surface area contributed by atoms with Crippen LogP contribution in [0.25, 0.3) is 0 Å². The van der Waals surface area contributed by atoms with E-state index in [1.165, 1.54) is 0 Å². The van der Waals surface area contributed by atoms with Gasteiger partial charge >= 0.3 is 0 Å². The molecule has 0 N–H and O–H groups in total. The molecule has 1 atom stereocenters. The van der Waals surface area contributed by atoms with Crippen molar-refractivity contribution in [3.63, 3.8) is 0 Å². The fourth-order valence-corrected chi connectivity index (χ4v) is 3.15. The molecular formula is C15H15F3O2. The minimum absolute atomic E-state index is 0.272. The number of hydrogen-bond donors (Lipinski definition) is 0. The number of hydrogen-bond acceptors (Lipinski definition) is 2. The Morgan fingerprint density at radius 1 is 1.20 bits per heavy atom. The minimum Gasteiger partial charge on any atom is -0.375 e. The van der Waals surface area contributed by atoms with Gasteiger partial charge in [0.1, 0.15) is 17.5 Å². The number of carbonyl (C=O) groups excluding carboxylic acids is 1. The van der Waals surface area contributed by atoms with Gasteiger partial charge in [0, 0.05) is 24.7 Å². The summed E-state index contributed by atoms with van der Waals surface area (Å²) in [6, 6.07) is 1.10. The van der Waals surface area contributed by atoms with Gasteiger partial charge in [-0.2, -0.15) is 0 Å². The fourth-order valence-electron chi connectivity index (χ4n) is 3.15. The summed E-state index contributed by atoms with van der Waals surface area (Å²) < 4.78 is 45.9. The number of Topliss-reactive ketones (excluding diaryl/α,β-unsaturated/α-hetero) is 1. The Morgan fingerprint density at radius 3 is 2.40 bits per heavy atom. The van der Waals surface area contributed by atoms with Gasteiger partial charge in [0.15, 0.2) is 5.78 Å². The molecule has 0 radical (unpaired) electrons. The van der Waals surface area contributed by atoms with Crippen molar-refractivity contribution in [1.29, 1.82) is 0 Å². The Bertz CT molecular complexity index is 529. The predicted molar refractivity (Wildman–Crippen MR) is 65.9 cm³/mol. The first kappa shape index (κ1) is 13.6. The van der Waals surface area contributed by atoms with Crippen LogP contribution in [0.3, 0.4) is 0 Å². The number of rotatable bonds is 2. The molecule has 1 spiro atoms. The summed E-state index contributed by atoms with van der Waals surface area (Å²) in [7, 11) is 0. The van der Waals surface area contributed by atoms with Crippen LogP contribution >= 0.6 is 0 Å². The molecule has 108 valence electrons. The highest BCUT2D eigenvalue weighted by atomic mass is 19.1. The van der Waals surface area contributed by atoms with Crippen LogP contribution in [0.15, 0.2) is 12.1 Å². The molecule has 1 heterocycles. The summed E-state index contributed by atoms with van der Waals surface area (Å²) >= 11 is 0. The van der Waals surface area contributed by atoms with E-state index in [1.807, 2.05) is 0 Å². The summed E-state index contributed by atoms with van der Waals surface area (Å²) in [5.74, 6) is -4.28. The largest absolute Gasteiger partial charge is 0.375 e. The molecule has 1 aromatic carbocycles. The summed E-state index contributed by atoms with van der Waals surface area (Å²) in [6.45, 7) is 0.431. The molecule has 1 unspecified atom stereocenters. The van der Waals surface area contributed by atoms with Crippen LogP contribution in [0, 0.1) is 23.4 Å². The summed E-state index contributed by atoms with van der Waals surface area (Å²) in [5, 5.41) is 0. The van der Waals surface area contributed by atoms with Crippen LogP contribution in [0.1, 0.15) is 42.5 Å². The smallest absolute Gasteiger partial charge is 0.172 e. The van der Waals surface area contributed by atoms with Crippen LogP contribution < -0.4 is 0 Å². The maximum absolute atomic E-state index is 13.7. The maximum Gasteiger partial charge on any atom is 0.172 e. The summed E-state index contributed by atoms with van der Waals surface area (Å²) in [4.78, 5) is 12.3. The van der Waals surface area contributed by atoms with Crippen molar-refractivity contribution in [2.45, 2.75) is 37.7 Å². The topological polar surface area (TPSA) is 26.3 Å². The van der Waals surface area contributed by atoms with Crippen molar-refractivity contribution in [3.8, 4) is 0 Å². The van der Waals surface area contributed by atoms with Crippen molar-refractivity contribution in [2.24, 2.45) is 5.92 Å². The van der Waals surface area contributed by atoms with Crippen molar-refractivity contribution in [1.82, 2.24) is 0 Å². The minimum atomic E-state index is -1.12. The van der Waals surface area contributed by atoms with Crippen LogP contribution in [-0.4, -0.2) is 18.0 Å². The van der Waals surface area contributed by atoms with Gasteiger partial charge in [-0.15, -0.1) is 0 Å². The second-order valence-corrected chi connectivity index (χ2v) is 5.68. The second kappa shape index (κ2) is 4.88. The highest BCUT2D eigenvalue weighted by Crippen LogP contribution is 2.45. The van der Waals surface area contributed by atoms with Gasteiger partial charge in [-0.25, -0.2) is 13.2 Å². The van der Waals surface area contributed by atoms with Crippen LogP contribution in [-0.2, 0) is 4.74 Å². The summed E-state index contributed by atoms with van der Waals surface area (Å²) in [5.41, 5.74) is -0.890. The molecule has 3 rings (SSSR count). The highest BCUT2D eigenvalue weighted by molar-refractivity contribution is 5.98. The zero-order chi connectivity index (χ0) is 14.3. The molecule has 1 saturated carbocycles. The van der Waals surface area contributed by atoms with E-state index < -0.39 is 34.7 Å². The number of ketones is 1. The molecular weight excluding hydrogens is 269 g/mol. The van der Waals surface area contributed by atoms with Crippen molar-refractivity contribution in [3.05, 3.63) is 35.1 Å². The number of carbonyl (C=O) groups is 1. The standard InChI is InChI=1S/C15H15F3O2/c16-10-6-11(17)13(12(18)7-10)14(19)9-2-5-20-15(8-9)3-1-4-15/h6-7,9H,1-5,8H2. The van der Waals surface area contributed by atoms with Gasteiger partial charge in [-0.3, -0.25) is 4.79 Å². The molecule has 1 saturated heterocycles. The third kappa shape index (κ3) is 2.24. The third-order valence-electron chi connectivity index (χ3n) is 4.38. The quantitative estimate of drug-likeness (QED) is 0.775. The van der Waals surface area contributed by atoms with Gasteiger partial charge in [0.2, 0.25) is 0 Å². The first-order chi connectivity index (χ1) is 9.51. The molecule has 0 bridgehead atoms. The predicted octanol–water partition coefficient (Wildman–Crippen LogP) is 3.64. The third-order valence-corrected chi connectivity index (χ3v) is 4.38. The lowest BCUT2D eigenvalue weighted by atomic mass is 9.70. The molecule has 1 aromatic rings. The van der Waals surface area contributed by atoms with Gasteiger partial charge in [0.25, 0.3) is 0 Å². The maximum atomic E-state index is 13.7. The zero-order valence-corrected chi connectivity index (χ0v) is 10.9. The molecule has 0 aromatic heterocycles. The SMILES string of the molecule is O=C(c1c(F)cc(F)cc1F)C1CCOC2(CCC2)C1. The van der Waals surface area contributed by atoms with E-state index in [0.29, 0.717) is 31.6 Å². The Kier molecular flexibility index (Phi) is 3.32. The Balaban J connectivity index is 1.85. The molecule has 20 heavy (non-hydrogen) atoms. The Labute approximate surface area is 114 Å². The molecule has 2 nitrogen and oxygen atoms in total. The van der Waals surface area contributed by atoms with Crippen molar-refractivity contribution < 1.29 is 22.7 Å². The Morgan fingerprint density at radius 2 is 1.85 bits per heavy atom. The van der Waals surface area contributed by atoms with Gasteiger partial charge in [0.05, 0.1) is 11.2 Å². The molecule has 2 fully saturated rings. The molecule has 5 heteroatoms. The van der Waals surface area contributed by atoms with E-state index in [1.54, 1.807) is 0 Å². The van der Waals surface area contributed by atoms with Crippen LogP contribution in [0.4, 0.5) is 13.2 Å². The monoisotopic (exact) mass is 284 g/mol. The molecule has 2 aliphatic rings. The van der Waals surface area contributed by atoms with Crippen LogP contribution in [0.2, 0.25) is 0 Å². The van der Waals surface area contributed by atoms with Crippen LogP contribution in [0.5, 0.6) is 0 Å². The second-order valence-electron chi connectivity index (χ2n) is 5.68. The fraction of sp³-hybridized carbons (Fsp3) is 0.533. The number of ether oxygens (including phenoxy) is 1. The van der Waals surface area contributed by atoms with Gasteiger partial charge in [-0.1, -0.05) is 0 Å². The Hall–Kier alpha value is -1.36. The number of halogens is 3. The van der Waals surface area contributed by atoms with E-state index in [2.05, 4.69) is 0 Å². The normalized spacial score (nSPS) is 24.4. The lowest BCUT2D eigenvalue weighted by molar-refractivity contribution is -0.137. The first-order valence-corrected chi connectivity index (χ1v) is 6.83. The molecule has 1 aliphatic heterocycles. The van der Waals surface area contributed by atoms with E-state index in [4.69, 9.17) is 4.74 Å². The first-order valence-electron chi connectivity index (χ1n) is 6.83. The van der Waals surface area contributed by atoms with E-state index >= 15 is 0 Å². The lowest BCUT2D eigenvalue weighted by Gasteiger charge is -2.46. The van der Waals surface area contributed by atoms with E-state index in [-0.39, 0.29) is 5.60 Å². The average Bonchev–Trinajstić information content (AvgIpc) is 2.35. The lowest BCUT2D eigenvalue weighted by Crippen LogP contribution is -2.47. The molecule has 1 aliphatic carbocycles. The molecule has 0 amide bonds. The summed E-state index contributed by atoms with van der Waals surface area (Å²) in [6.07, 6.45) is 3.80. The number of benzene rings is 1. The van der Waals surface area contributed by atoms with Crippen molar-refractivity contribution >= 4 is 5.78 Å². The highest BCUT2D eigenvalue weighted by Gasteiger charge is 2.45. The van der Waals surface area contributed by atoms with Crippen molar-refractivity contribution in [2.75, 3.05) is 6.61 Å². The van der Waals surface area contributed by atoms with Gasteiger partial charge in [-0.05, 0) is 32.1 Å². The van der Waals surface area contributed by atoms with Gasteiger partial charge < -0.3 is 4.74 Å².